The van der Waals surface area contributed by atoms with E-state index in [1.54, 1.807) is 18.2 Å². The van der Waals surface area contributed by atoms with E-state index >= 15 is 0 Å². The van der Waals surface area contributed by atoms with Gasteiger partial charge in [-0.1, -0.05) is 18.5 Å². The number of nitrogens with one attached hydrogen (secondary N) is 1. The van der Waals surface area contributed by atoms with E-state index < -0.39 is 11.9 Å². The largest absolute Gasteiger partial charge is 0.434 e. The molecule has 1 amide bonds. The number of aromatic nitrogens is 5. The number of amides is 1. The minimum Gasteiger partial charge on any atom is -0.367 e. The van der Waals surface area contributed by atoms with Crippen LogP contribution in [0.1, 0.15) is 35.8 Å². The van der Waals surface area contributed by atoms with E-state index in [4.69, 9.17) is 11.6 Å². The van der Waals surface area contributed by atoms with Gasteiger partial charge >= 0.3 is 6.18 Å². The van der Waals surface area contributed by atoms with Gasteiger partial charge in [0.2, 0.25) is 0 Å². The van der Waals surface area contributed by atoms with Gasteiger partial charge in [-0.3, -0.25) is 4.79 Å². The summed E-state index contributed by atoms with van der Waals surface area (Å²) in [6.07, 6.45) is 2.09. The van der Waals surface area contributed by atoms with E-state index in [0.717, 1.165) is 19.0 Å². The zero-order valence-electron chi connectivity index (χ0n) is 18.1. The standard InChI is InChI=1S/C22H21ClF3N7O/c1-12-13-6-15(7-13)32(18(12)9-28-20-11-27-19(10-29-20)22(24,25)26)21(34)16-8-14(23)2-3-17(16)33-30-4-5-31-33/h2-5,8,10-13,15,18H,6-7,9H2,1H3,(H,28,29)/t12-,13?,15?,18-/m0/s1. The van der Waals surface area contributed by atoms with E-state index in [2.05, 4.69) is 32.4 Å². The third-order valence-corrected chi connectivity index (χ3v) is 6.98. The molecule has 2 aliphatic heterocycles. The molecule has 1 aliphatic carbocycles. The molecule has 6 rings (SSSR count). The molecule has 8 nitrogen and oxygen atoms in total. The van der Waals surface area contributed by atoms with Gasteiger partial charge in [-0.25, -0.2) is 9.97 Å². The van der Waals surface area contributed by atoms with Crippen LogP contribution >= 0.6 is 11.6 Å². The van der Waals surface area contributed by atoms with E-state index in [1.807, 2.05) is 4.90 Å². The van der Waals surface area contributed by atoms with E-state index in [9.17, 15) is 18.0 Å². The predicted octanol–water partition coefficient (Wildman–Crippen LogP) is 4.08. The first-order valence-corrected chi connectivity index (χ1v) is 11.2. The Morgan fingerprint density at radius 3 is 2.56 bits per heavy atom. The number of carbonyl (C=O) groups is 1. The molecule has 1 saturated carbocycles. The van der Waals surface area contributed by atoms with E-state index in [-0.39, 0.29) is 29.7 Å². The molecular formula is C22H21ClF3N7O. The van der Waals surface area contributed by atoms with Crippen LogP contribution in [-0.4, -0.2) is 54.4 Å². The Hall–Kier alpha value is -3.21. The summed E-state index contributed by atoms with van der Waals surface area (Å²) in [5.41, 5.74) is -0.141. The zero-order valence-corrected chi connectivity index (χ0v) is 18.8. The molecule has 2 saturated heterocycles. The number of alkyl halides is 3. The fourth-order valence-corrected chi connectivity index (χ4v) is 5.01. The second-order valence-electron chi connectivity index (χ2n) is 8.67. The van der Waals surface area contributed by atoms with Crippen molar-refractivity contribution in [3.63, 3.8) is 0 Å². The van der Waals surface area contributed by atoms with Crippen molar-refractivity contribution in [1.82, 2.24) is 29.9 Å². The van der Waals surface area contributed by atoms with Crippen LogP contribution in [0.15, 0.2) is 43.0 Å². The molecule has 2 atom stereocenters. The lowest BCUT2D eigenvalue weighted by atomic mass is 9.64. The van der Waals surface area contributed by atoms with Gasteiger partial charge in [0.05, 0.1) is 42.1 Å². The SMILES string of the molecule is C[C@H]1C2CC(C2)N(C(=O)c2cc(Cl)ccc2-n2nccn2)[C@H]1CNc1cnc(C(F)(F)F)cn1. The molecule has 178 valence electrons. The second-order valence-corrected chi connectivity index (χ2v) is 9.11. The number of hydrogen-bond acceptors (Lipinski definition) is 6. The average molecular weight is 492 g/mol. The summed E-state index contributed by atoms with van der Waals surface area (Å²) in [5, 5.41) is 11.8. The van der Waals surface area contributed by atoms with Crippen LogP contribution in [0.5, 0.6) is 0 Å². The maximum absolute atomic E-state index is 13.8. The van der Waals surface area contributed by atoms with Crippen LogP contribution < -0.4 is 5.32 Å². The van der Waals surface area contributed by atoms with Crippen molar-refractivity contribution in [3.05, 3.63) is 59.3 Å². The Balaban J connectivity index is 1.40. The Morgan fingerprint density at radius 1 is 1.18 bits per heavy atom. The molecule has 34 heavy (non-hydrogen) atoms. The number of fused-ring (bicyclic) bond motifs is 2. The fourth-order valence-electron chi connectivity index (χ4n) is 4.83. The molecule has 4 heterocycles. The lowest BCUT2D eigenvalue weighted by Crippen LogP contribution is -2.64. The number of nitrogens with zero attached hydrogens (tertiary/aromatic N) is 6. The van der Waals surface area contributed by atoms with Crippen molar-refractivity contribution >= 4 is 23.3 Å². The van der Waals surface area contributed by atoms with Crippen molar-refractivity contribution < 1.29 is 18.0 Å². The summed E-state index contributed by atoms with van der Waals surface area (Å²) in [4.78, 5) is 24.4. The summed E-state index contributed by atoms with van der Waals surface area (Å²) in [6, 6.07) is 4.89. The quantitative estimate of drug-likeness (QED) is 0.578. The Labute approximate surface area is 198 Å². The molecule has 1 N–H and O–H groups in total. The van der Waals surface area contributed by atoms with Crippen molar-refractivity contribution in [2.45, 2.75) is 38.0 Å². The number of anilines is 1. The van der Waals surface area contributed by atoms with Crippen LogP contribution in [0.2, 0.25) is 5.02 Å². The maximum Gasteiger partial charge on any atom is 0.434 e. The molecule has 0 spiro atoms. The van der Waals surface area contributed by atoms with Crippen molar-refractivity contribution in [2.24, 2.45) is 11.8 Å². The van der Waals surface area contributed by atoms with Crippen molar-refractivity contribution in [2.75, 3.05) is 11.9 Å². The van der Waals surface area contributed by atoms with Gasteiger partial charge in [0.1, 0.15) is 5.82 Å². The highest BCUT2D eigenvalue weighted by atomic mass is 35.5. The van der Waals surface area contributed by atoms with Gasteiger partial charge in [0.15, 0.2) is 5.69 Å². The normalized spacial score (nSPS) is 24.0. The van der Waals surface area contributed by atoms with Crippen LogP contribution in [0.3, 0.4) is 0 Å². The molecule has 3 aromatic rings. The minimum atomic E-state index is -4.55. The minimum absolute atomic E-state index is 0.0802. The number of piperidine rings is 2. The molecule has 12 heteroatoms. The number of carbonyl (C=O) groups excluding carboxylic acids is 1. The highest BCUT2D eigenvalue weighted by molar-refractivity contribution is 6.31. The molecule has 3 aliphatic rings. The van der Waals surface area contributed by atoms with E-state index in [0.29, 0.717) is 34.9 Å². The summed E-state index contributed by atoms with van der Waals surface area (Å²) >= 11 is 6.23. The Kier molecular flexibility index (Phi) is 5.67. The average Bonchev–Trinajstić information content (AvgIpc) is 3.31. The summed E-state index contributed by atoms with van der Waals surface area (Å²) < 4.78 is 38.3. The van der Waals surface area contributed by atoms with Crippen LogP contribution in [0.4, 0.5) is 19.0 Å². The summed E-state index contributed by atoms with van der Waals surface area (Å²) in [5.74, 6) is 0.714. The number of benzene rings is 1. The summed E-state index contributed by atoms with van der Waals surface area (Å²) in [7, 11) is 0. The molecule has 2 aromatic heterocycles. The smallest absolute Gasteiger partial charge is 0.367 e. The topological polar surface area (TPSA) is 88.8 Å². The third-order valence-electron chi connectivity index (χ3n) is 6.74. The summed E-state index contributed by atoms with van der Waals surface area (Å²) in [6.45, 7) is 2.43. The van der Waals surface area contributed by atoms with Crippen molar-refractivity contribution in [3.8, 4) is 5.69 Å². The molecule has 3 fully saturated rings. The van der Waals surface area contributed by atoms with Gasteiger partial charge in [-0.05, 0) is 42.9 Å². The van der Waals surface area contributed by atoms with Crippen molar-refractivity contribution in [1.29, 1.82) is 0 Å². The lowest BCUT2D eigenvalue weighted by molar-refractivity contribution is -0.141. The molecule has 2 bridgehead atoms. The highest BCUT2D eigenvalue weighted by Gasteiger charge is 2.50. The fraction of sp³-hybridized carbons (Fsp3) is 0.409. The number of hydrogen-bond donors (Lipinski definition) is 1. The van der Waals surface area contributed by atoms with Gasteiger partial charge in [0.25, 0.3) is 5.91 Å². The van der Waals surface area contributed by atoms with Crippen LogP contribution in [0, 0.1) is 11.8 Å². The predicted molar refractivity (Wildman–Crippen MR) is 118 cm³/mol. The maximum atomic E-state index is 13.8. The van der Waals surface area contributed by atoms with Gasteiger partial charge < -0.3 is 10.2 Å². The Bertz CT molecular complexity index is 1180. The highest BCUT2D eigenvalue weighted by Crippen LogP contribution is 2.47. The Morgan fingerprint density at radius 2 is 1.91 bits per heavy atom. The lowest BCUT2D eigenvalue weighted by Gasteiger charge is -2.57. The van der Waals surface area contributed by atoms with E-state index in [1.165, 1.54) is 17.2 Å². The van der Waals surface area contributed by atoms with Gasteiger partial charge in [-0.2, -0.15) is 28.2 Å². The molecule has 1 aromatic carbocycles. The van der Waals surface area contributed by atoms with Gasteiger partial charge in [-0.15, -0.1) is 0 Å². The monoisotopic (exact) mass is 491 g/mol. The third kappa shape index (κ3) is 4.08. The number of halogens is 4. The molecular weight excluding hydrogens is 471 g/mol. The molecule has 0 radical (unpaired) electrons. The molecule has 0 unspecified atom stereocenters. The zero-order chi connectivity index (χ0) is 24.0. The van der Waals surface area contributed by atoms with Crippen LogP contribution in [-0.2, 0) is 6.18 Å². The number of rotatable bonds is 5. The first kappa shape index (κ1) is 22.6. The first-order valence-electron chi connectivity index (χ1n) is 10.8. The first-order chi connectivity index (χ1) is 16.2. The van der Waals surface area contributed by atoms with Crippen LogP contribution in [0.25, 0.3) is 5.69 Å². The van der Waals surface area contributed by atoms with Gasteiger partial charge in [0, 0.05) is 17.6 Å². The second kappa shape index (κ2) is 8.53.